The second-order valence-electron chi connectivity index (χ2n) is 6.22. The van der Waals surface area contributed by atoms with Crippen LogP contribution in [0.2, 0.25) is 0 Å². The fourth-order valence-electron chi connectivity index (χ4n) is 2.72. The van der Waals surface area contributed by atoms with Crippen molar-refractivity contribution in [2.24, 2.45) is 0 Å². The van der Waals surface area contributed by atoms with Crippen LogP contribution in [0.4, 0.5) is 4.39 Å². The predicted molar refractivity (Wildman–Crippen MR) is 91.2 cm³/mol. The Bertz CT molecular complexity index is 782. The number of rotatable bonds is 6. The molecule has 2 rings (SSSR count). The number of hydrogen-bond acceptors (Lipinski definition) is 3. The molecule has 0 bridgehead atoms. The summed E-state index contributed by atoms with van der Waals surface area (Å²) in [6.07, 6.45) is 0.0737. The number of amides is 1. The molecule has 1 aromatic carbocycles. The first-order chi connectivity index (χ1) is 11.7. The summed E-state index contributed by atoms with van der Waals surface area (Å²) in [5.74, 6) is -1.64. The number of benzene rings is 1. The number of carboxylic acids is 1. The van der Waals surface area contributed by atoms with Crippen molar-refractivity contribution < 1.29 is 19.1 Å². The molecule has 0 atom stereocenters. The molecule has 0 saturated carbocycles. The van der Waals surface area contributed by atoms with Crippen LogP contribution in [-0.2, 0) is 16.0 Å². The van der Waals surface area contributed by atoms with Gasteiger partial charge in [0, 0.05) is 17.3 Å². The van der Waals surface area contributed by atoms with E-state index < -0.39 is 5.97 Å². The molecular formula is C18H22FN3O3. The van der Waals surface area contributed by atoms with E-state index in [-0.39, 0.29) is 30.7 Å². The van der Waals surface area contributed by atoms with Crippen LogP contribution in [-0.4, -0.2) is 44.3 Å². The smallest absolute Gasteiger partial charge is 0.323 e. The Morgan fingerprint density at radius 2 is 1.84 bits per heavy atom. The molecule has 0 aliphatic heterocycles. The van der Waals surface area contributed by atoms with Crippen LogP contribution >= 0.6 is 0 Å². The third kappa shape index (κ3) is 4.23. The lowest BCUT2D eigenvalue weighted by Gasteiger charge is -2.25. The van der Waals surface area contributed by atoms with Crippen LogP contribution in [0.3, 0.4) is 0 Å². The number of nitrogens with zero attached hydrogens (tertiary/aromatic N) is 3. The first kappa shape index (κ1) is 18.6. The topological polar surface area (TPSA) is 75.4 Å². The van der Waals surface area contributed by atoms with Crippen LogP contribution in [0.15, 0.2) is 24.3 Å². The van der Waals surface area contributed by atoms with E-state index in [2.05, 4.69) is 5.10 Å². The number of aryl methyl sites for hydroxylation is 1. The van der Waals surface area contributed by atoms with E-state index in [9.17, 15) is 14.0 Å². The second kappa shape index (κ2) is 7.46. The standard InChI is InChI=1S/C18H22FN3O3/c1-11(2)21(10-18(24)25)17(23)9-16-12(3)20-22(13(16)4)15-7-5-14(19)6-8-15/h5-8,11H,9-10H2,1-4H3,(H,24,25). The fourth-order valence-corrected chi connectivity index (χ4v) is 2.72. The lowest BCUT2D eigenvalue weighted by molar-refractivity contribution is -0.145. The van der Waals surface area contributed by atoms with Crippen molar-refractivity contribution >= 4 is 11.9 Å². The Hall–Kier alpha value is -2.70. The highest BCUT2D eigenvalue weighted by Crippen LogP contribution is 2.20. The van der Waals surface area contributed by atoms with Crippen molar-refractivity contribution in [2.75, 3.05) is 6.54 Å². The van der Waals surface area contributed by atoms with E-state index >= 15 is 0 Å². The molecule has 0 saturated heterocycles. The fraction of sp³-hybridized carbons (Fsp3) is 0.389. The monoisotopic (exact) mass is 347 g/mol. The summed E-state index contributed by atoms with van der Waals surface area (Å²) >= 11 is 0. The molecule has 0 aliphatic carbocycles. The van der Waals surface area contributed by atoms with Crippen LogP contribution < -0.4 is 0 Å². The molecule has 0 radical (unpaired) electrons. The van der Waals surface area contributed by atoms with Gasteiger partial charge in [-0.1, -0.05) is 0 Å². The second-order valence-corrected chi connectivity index (χ2v) is 6.22. The third-order valence-electron chi connectivity index (χ3n) is 4.09. The zero-order chi connectivity index (χ0) is 18.7. The molecule has 6 nitrogen and oxygen atoms in total. The number of aliphatic carboxylic acids is 1. The molecule has 0 aliphatic rings. The van der Waals surface area contributed by atoms with E-state index in [0.29, 0.717) is 11.4 Å². The van der Waals surface area contributed by atoms with Gasteiger partial charge in [-0.15, -0.1) is 0 Å². The van der Waals surface area contributed by atoms with E-state index in [0.717, 1.165) is 11.3 Å². The van der Waals surface area contributed by atoms with Crippen LogP contribution in [0.5, 0.6) is 0 Å². The Labute approximate surface area is 145 Å². The maximum Gasteiger partial charge on any atom is 0.323 e. The van der Waals surface area contributed by atoms with Gasteiger partial charge in [0.25, 0.3) is 0 Å². The van der Waals surface area contributed by atoms with Crippen molar-refractivity contribution in [3.8, 4) is 5.69 Å². The Morgan fingerprint density at radius 3 is 2.36 bits per heavy atom. The maximum absolute atomic E-state index is 13.1. The Kier molecular flexibility index (Phi) is 5.56. The summed E-state index contributed by atoms with van der Waals surface area (Å²) in [5, 5.41) is 13.4. The van der Waals surface area contributed by atoms with Crippen molar-refractivity contribution in [3.05, 3.63) is 47.0 Å². The highest BCUT2D eigenvalue weighted by atomic mass is 19.1. The van der Waals surface area contributed by atoms with Gasteiger partial charge in [-0.2, -0.15) is 5.10 Å². The lowest BCUT2D eigenvalue weighted by atomic mass is 10.1. The van der Waals surface area contributed by atoms with Gasteiger partial charge in [0.05, 0.1) is 17.8 Å². The first-order valence-corrected chi connectivity index (χ1v) is 8.03. The molecule has 0 unspecified atom stereocenters. The minimum Gasteiger partial charge on any atom is -0.480 e. The normalized spacial score (nSPS) is 11.0. The molecule has 7 heteroatoms. The van der Waals surface area contributed by atoms with Gasteiger partial charge in [0.1, 0.15) is 12.4 Å². The van der Waals surface area contributed by atoms with Gasteiger partial charge in [-0.3, -0.25) is 9.59 Å². The van der Waals surface area contributed by atoms with E-state index in [1.807, 2.05) is 6.92 Å². The summed E-state index contributed by atoms with van der Waals surface area (Å²) < 4.78 is 14.8. The molecular weight excluding hydrogens is 325 g/mol. The quantitative estimate of drug-likeness (QED) is 0.871. The first-order valence-electron chi connectivity index (χ1n) is 8.03. The highest BCUT2D eigenvalue weighted by molar-refractivity contribution is 5.83. The van der Waals surface area contributed by atoms with Gasteiger partial charge in [-0.25, -0.2) is 9.07 Å². The molecule has 1 N–H and O–H groups in total. The molecule has 134 valence electrons. The third-order valence-corrected chi connectivity index (χ3v) is 4.09. The van der Waals surface area contributed by atoms with Crippen molar-refractivity contribution in [1.29, 1.82) is 0 Å². The minimum atomic E-state index is -1.04. The number of halogens is 1. The number of carbonyl (C=O) groups excluding carboxylic acids is 1. The van der Waals surface area contributed by atoms with Crippen LogP contribution in [0, 0.1) is 19.7 Å². The summed E-state index contributed by atoms with van der Waals surface area (Å²) in [6, 6.07) is 5.72. The Balaban J connectivity index is 2.29. The largest absolute Gasteiger partial charge is 0.480 e. The molecule has 0 spiro atoms. The SMILES string of the molecule is Cc1nn(-c2ccc(F)cc2)c(C)c1CC(=O)N(CC(=O)O)C(C)C. The molecule has 25 heavy (non-hydrogen) atoms. The molecule has 2 aromatic rings. The predicted octanol–water partition coefficient (Wildman–Crippen LogP) is 2.49. The number of carbonyl (C=O) groups is 2. The van der Waals surface area contributed by atoms with Crippen molar-refractivity contribution in [2.45, 2.75) is 40.2 Å². The number of aromatic nitrogens is 2. The van der Waals surface area contributed by atoms with Crippen LogP contribution in [0.25, 0.3) is 5.69 Å². The molecule has 0 fully saturated rings. The minimum absolute atomic E-state index is 0.0737. The van der Waals surface area contributed by atoms with E-state index in [4.69, 9.17) is 5.11 Å². The zero-order valence-electron chi connectivity index (χ0n) is 14.8. The highest BCUT2D eigenvalue weighted by Gasteiger charge is 2.23. The number of hydrogen-bond donors (Lipinski definition) is 1. The number of carboxylic acid groups (broad SMARTS) is 1. The average Bonchev–Trinajstić information content (AvgIpc) is 2.81. The van der Waals surface area contributed by atoms with Gasteiger partial charge < -0.3 is 10.0 Å². The van der Waals surface area contributed by atoms with E-state index in [1.54, 1.807) is 37.6 Å². The maximum atomic E-state index is 13.1. The lowest BCUT2D eigenvalue weighted by Crippen LogP contribution is -2.41. The van der Waals surface area contributed by atoms with Crippen molar-refractivity contribution in [1.82, 2.24) is 14.7 Å². The summed E-state index contributed by atoms with van der Waals surface area (Å²) in [5.41, 5.74) is 2.92. The van der Waals surface area contributed by atoms with Gasteiger partial charge in [0.2, 0.25) is 5.91 Å². The summed E-state index contributed by atoms with van der Waals surface area (Å²) in [6.45, 7) is 6.86. The molecule has 1 aromatic heterocycles. The average molecular weight is 347 g/mol. The van der Waals surface area contributed by atoms with Crippen LogP contribution in [0.1, 0.15) is 30.8 Å². The van der Waals surface area contributed by atoms with Crippen molar-refractivity contribution in [3.63, 3.8) is 0 Å². The van der Waals surface area contributed by atoms with Gasteiger partial charge in [-0.05, 0) is 52.0 Å². The molecule has 1 amide bonds. The molecule has 1 heterocycles. The van der Waals surface area contributed by atoms with Gasteiger partial charge >= 0.3 is 5.97 Å². The van der Waals surface area contributed by atoms with E-state index in [1.165, 1.54) is 17.0 Å². The van der Waals surface area contributed by atoms with Gasteiger partial charge in [0.15, 0.2) is 0 Å². The summed E-state index contributed by atoms with van der Waals surface area (Å²) in [4.78, 5) is 24.9. The summed E-state index contributed by atoms with van der Waals surface area (Å²) in [7, 11) is 0. The zero-order valence-corrected chi connectivity index (χ0v) is 14.8. The Morgan fingerprint density at radius 1 is 1.24 bits per heavy atom.